The number of hydrogen-bond donors (Lipinski definition) is 4. The van der Waals surface area contributed by atoms with Crippen molar-refractivity contribution in [2.75, 3.05) is 0 Å². The molecule has 0 unspecified atom stereocenters. The van der Waals surface area contributed by atoms with Crippen LogP contribution in [0.5, 0.6) is 5.06 Å². The van der Waals surface area contributed by atoms with E-state index >= 15 is 0 Å². The van der Waals surface area contributed by atoms with Crippen LogP contribution in [0, 0.1) is 0 Å². The first kappa shape index (κ1) is 9.85. The third kappa shape index (κ3) is 1.50. The van der Waals surface area contributed by atoms with Crippen molar-refractivity contribution in [1.82, 2.24) is 0 Å². The number of aromatic hydroxyl groups is 1. The normalized spacial score (nSPS) is 10.8. The summed E-state index contributed by atoms with van der Waals surface area (Å²) in [7, 11) is -1.53. The van der Waals surface area contributed by atoms with E-state index in [0.717, 1.165) is 10.1 Å². The van der Waals surface area contributed by atoms with Crippen LogP contribution in [0.25, 0.3) is 10.1 Å². The van der Waals surface area contributed by atoms with Crippen molar-refractivity contribution >= 4 is 46.6 Å². The number of benzene rings is 1. The van der Waals surface area contributed by atoms with Gasteiger partial charge >= 0.3 is 7.12 Å². The average molecular weight is 226 g/mol. The highest BCUT2D eigenvalue weighted by Crippen LogP contribution is 2.33. The van der Waals surface area contributed by atoms with E-state index in [4.69, 9.17) is 10.0 Å². The number of thiol groups is 1. The van der Waals surface area contributed by atoms with Crippen LogP contribution < -0.4 is 5.46 Å². The monoisotopic (exact) mass is 226 g/mol. The highest BCUT2D eigenvalue weighted by atomic mass is 32.1. The molecule has 72 valence electrons. The summed E-state index contributed by atoms with van der Waals surface area (Å²) < 4.78 is 0.872. The van der Waals surface area contributed by atoms with Gasteiger partial charge in [-0.15, -0.1) is 12.6 Å². The predicted molar refractivity (Wildman–Crippen MR) is 60.6 cm³/mol. The van der Waals surface area contributed by atoms with Crippen molar-refractivity contribution in [2.24, 2.45) is 0 Å². The standard InChI is InChI=1S/C8H7BO3S2/c10-7-3-4-6(14-7)2-1-5(8(4)13)9(11)12/h1-3,10-13H. The lowest BCUT2D eigenvalue weighted by atomic mass is 9.80. The third-order valence-electron chi connectivity index (χ3n) is 1.97. The number of fused-ring (bicyclic) bond motifs is 1. The molecule has 0 saturated heterocycles. The molecule has 1 heterocycles. The van der Waals surface area contributed by atoms with Gasteiger partial charge in [0, 0.05) is 21.0 Å². The summed E-state index contributed by atoms with van der Waals surface area (Å²) in [5.74, 6) is 0. The molecule has 0 fully saturated rings. The van der Waals surface area contributed by atoms with E-state index in [1.165, 1.54) is 11.3 Å². The second-order valence-corrected chi connectivity index (χ2v) is 4.38. The minimum atomic E-state index is -1.53. The zero-order chi connectivity index (χ0) is 10.3. The maximum Gasteiger partial charge on any atom is 0.489 e. The summed E-state index contributed by atoms with van der Waals surface area (Å²) in [5.41, 5.74) is 0.346. The van der Waals surface area contributed by atoms with Gasteiger partial charge in [-0.3, -0.25) is 0 Å². The van der Waals surface area contributed by atoms with Gasteiger partial charge in [0.15, 0.2) is 5.06 Å². The van der Waals surface area contributed by atoms with Crippen LogP contribution in [0.15, 0.2) is 23.1 Å². The van der Waals surface area contributed by atoms with Crippen LogP contribution in [0.2, 0.25) is 0 Å². The van der Waals surface area contributed by atoms with Crippen LogP contribution in [0.3, 0.4) is 0 Å². The molecule has 1 aromatic heterocycles. The van der Waals surface area contributed by atoms with Crippen molar-refractivity contribution < 1.29 is 15.2 Å². The van der Waals surface area contributed by atoms with E-state index in [1.54, 1.807) is 18.2 Å². The molecule has 0 spiro atoms. The summed E-state index contributed by atoms with van der Waals surface area (Å²) in [5, 5.41) is 28.2. The van der Waals surface area contributed by atoms with E-state index < -0.39 is 7.12 Å². The van der Waals surface area contributed by atoms with Crippen molar-refractivity contribution in [3.05, 3.63) is 18.2 Å². The lowest BCUT2D eigenvalue weighted by Gasteiger charge is -2.03. The van der Waals surface area contributed by atoms with E-state index in [-0.39, 0.29) is 5.06 Å². The Hall–Kier alpha value is -0.685. The van der Waals surface area contributed by atoms with Crippen molar-refractivity contribution in [3.8, 4) is 5.06 Å². The van der Waals surface area contributed by atoms with Crippen LogP contribution in [-0.2, 0) is 0 Å². The highest BCUT2D eigenvalue weighted by Gasteiger charge is 2.17. The van der Waals surface area contributed by atoms with Gasteiger partial charge in [-0.05, 0) is 11.5 Å². The molecule has 0 aliphatic heterocycles. The summed E-state index contributed by atoms with van der Waals surface area (Å²) in [4.78, 5) is 0.494. The molecular formula is C8H7BO3S2. The van der Waals surface area contributed by atoms with Gasteiger partial charge in [0.2, 0.25) is 0 Å². The first-order valence-corrected chi connectivity index (χ1v) is 5.16. The summed E-state index contributed by atoms with van der Waals surface area (Å²) in [6.07, 6.45) is 0. The second kappa shape index (κ2) is 3.47. The van der Waals surface area contributed by atoms with Crippen LogP contribution in [0.1, 0.15) is 0 Å². The Bertz CT molecular complexity index is 481. The summed E-state index contributed by atoms with van der Waals surface area (Å²) >= 11 is 5.42. The molecular weight excluding hydrogens is 219 g/mol. The molecule has 14 heavy (non-hydrogen) atoms. The van der Waals surface area contributed by atoms with Gasteiger partial charge in [-0.1, -0.05) is 17.4 Å². The SMILES string of the molecule is OB(O)c1ccc2sc(O)cc2c1S. The second-order valence-electron chi connectivity index (χ2n) is 2.87. The summed E-state index contributed by atoms with van der Waals surface area (Å²) in [6, 6.07) is 4.88. The van der Waals surface area contributed by atoms with E-state index in [0.29, 0.717) is 10.4 Å². The lowest BCUT2D eigenvalue weighted by Crippen LogP contribution is -2.30. The first-order chi connectivity index (χ1) is 6.59. The molecule has 0 amide bonds. The molecule has 2 aromatic rings. The maximum atomic E-state index is 9.27. The molecule has 6 heteroatoms. The number of thiophene rings is 1. The molecule has 0 aliphatic carbocycles. The summed E-state index contributed by atoms with van der Waals surface area (Å²) in [6.45, 7) is 0. The zero-order valence-electron chi connectivity index (χ0n) is 7.01. The van der Waals surface area contributed by atoms with Gasteiger partial charge < -0.3 is 15.2 Å². The lowest BCUT2D eigenvalue weighted by molar-refractivity contribution is 0.425. The quantitative estimate of drug-likeness (QED) is 0.425. The van der Waals surface area contributed by atoms with Gasteiger partial charge in [0.1, 0.15) is 0 Å². The fourth-order valence-electron chi connectivity index (χ4n) is 1.31. The molecule has 0 bridgehead atoms. The Kier molecular flexibility index (Phi) is 2.44. The average Bonchev–Trinajstić information content (AvgIpc) is 2.46. The van der Waals surface area contributed by atoms with E-state index in [1.807, 2.05) is 0 Å². The smallest absolute Gasteiger partial charge is 0.489 e. The minimum Gasteiger partial charge on any atom is -0.499 e. The molecule has 0 atom stereocenters. The molecule has 0 saturated carbocycles. The van der Waals surface area contributed by atoms with Crippen molar-refractivity contribution in [2.45, 2.75) is 4.90 Å². The molecule has 0 radical (unpaired) electrons. The van der Waals surface area contributed by atoms with Gasteiger partial charge in [0.25, 0.3) is 0 Å². The Morgan fingerprint density at radius 1 is 1.29 bits per heavy atom. The van der Waals surface area contributed by atoms with E-state index in [9.17, 15) is 5.11 Å². The van der Waals surface area contributed by atoms with Crippen LogP contribution >= 0.6 is 24.0 Å². The highest BCUT2D eigenvalue weighted by molar-refractivity contribution is 7.80. The van der Waals surface area contributed by atoms with Gasteiger partial charge in [-0.2, -0.15) is 0 Å². The molecule has 2 rings (SSSR count). The number of hydrogen-bond acceptors (Lipinski definition) is 5. The molecule has 0 aliphatic rings. The minimum absolute atomic E-state index is 0.194. The Morgan fingerprint density at radius 3 is 2.64 bits per heavy atom. The number of rotatable bonds is 1. The zero-order valence-corrected chi connectivity index (χ0v) is 8.72. The topological polar surface area (TPSA) is 60.7 Å². The van der Waals surface area contributed by atoms with Crippen LogP contribution in [-0.4, -0.2) is 22.3 Å². The fourth-order valence-corrected chi connectivity index (χ4v) is 2.57. The third-order valence-corrected chi connectivity index (χ3v) is 3.37. The first-order valence-electron chi connectivity index (χ1n) is 3.90. The Labute approximate surface area is 90.2 Å². The van der Waals surface area contributed by atoms with Crippen LogP contribution in [0.4, 0.5) is 0 Å². The van der Waals surface area contributed by atoms with E-state index in [2.05, 4.69) is 12.6 Å². The maximum absolute atomic E-state index is 9.27. The predicted octanol–water partition coefficient (Wildman–Crippen LogP) is 0.575. The Morgan fingerprint density at radius 2 is 2.00 bits per heavy atom. The Balaban J connectivity index is 2.74. The van der Waals surface area contributed by atoms with Crippen molar-refractivity contribution in [1.29, 1.82) is 0 Å². The van der Waals surface area contributed by atoms with Gasteiger partial charge in [0.05, 0.1) is 0 Å². The largest absolute Gasteiger partial charge is 0.499 e. The molecule has 1 aromatic carbocycles. The fraction of sp³-hybridized carbons (Fsp3) is 0. The van der Waals surface area contributed by atoms with Crippen molar-refractivity contribution in [3.63, 3.8) is 0 Å². The molecule has 3 nitrogen and oxygen atoms in total. The molecule has 3 N–H and O–H groups in total. The van der Waals surface area contributed by atoms with Gasteiger partial charge in [-0.25, -0.2) is 0 Å².